The fourth-order valence-corrected chi connectivity index (χ4v) is 1.90. The fourth-order valence-electron chi connectivity index (χ4n) is 1.90. The second-order valence-corrected chi connectivity index (χ2v) is 3.56. The van der Waals surface area contributed by atoms with Crippen molar-refractivity contribution in [2.45, 2.75) is 12.8 Å². The largest absolute Gasteiger partial charge is 0.366 e. The summed E-state index contributed by atoms with van der Waals surface area (Å²) in [6, 6.07) is 4.24. The first-order chi connectivity index (χ1) is 7.20. The molecule has 0 unspecified atom stereocenters. The fraction of sp³-hybridized carbons (Fsp3) is 0.400. The molecule has 1 aliphatic heterocycles. The summed E-state index contributed by atoms with van der Waals surface area (Å²) in [5.41, 5.74) is -0.00287. The highest BCUT2D eigenvalue weighted by Gasteiger charge is 2.25. The molecule has 1 heterocycles. The van der Waals surface area contributed by atoms with E-state index in [9.17, 15) is 14.5 Å². The number of para-hydroxylation sites is 1. The number of hydrogen-bond donors (Lipinski definition) is 0. The van der Waals surface area contributed by atoms with Crippen LogP contribution in [0.5, 0.6) is 0 Å². The SMILES string of the molecule is O=[N+]([O-])c1c(F)cccc1N1CCCC1. The molecular formula is C10H11FN2O2. The van der Waals surface area contributed by atoms with E-state index in [4.69, 9.17) is 0 Å². The Kier molecular flexibility index (Phi) is 2.53. The molecule has 0 N–H and O–H groups in total. The Hall–Kier alpha value is -1.65. The van der Waals surface area contributed by atoms with Crippen LogP contribution >= 0.6 is 0 Å². The number of rotatable bonds is 2. The van der Waals surface area contributed by atoms with Crippen molar-refractivity contribution in [1.29, 1.82) is 0 Å². The lowest BCUT2D eigenvalue weighted by atomic mass is 10.2. The van der Waals surface area contributed by atoms with Crippen LogP contribution in [0.15, 0.2) is 18.2 Å². The van der Waals surface area contributed by atoms with Gasteiger partial charge in [-0.1, -0.05) is 6.07 Å². The van der Waals surface area contributed by atoms with Gasteiger partial charge in [-0.2, -0.15) is 4.39 Å². The molecular weight excluding hydrogens is 199 g/mol. The molecule has 1 saturated heterocycles. The smallest absolute Gasteiger partial charge is 0.327 e. The summed E-state index contributed by atoms with van der Waals surface area (Å²) in [6.45, 7) is 1.54. The molecule has 1 fully saturated rings. The van der Waals surface area contributed by atoms with Gasteiger partial charge in [0.2, 0.25) is 5.82 Å². The summed E-state index contributed by atoms with van der Waals surface area (Å²) in [4.78, 5) is 12.0. The standard InChI is InChI=1S/C10H11FN2O2/c11-8-4-3-5-9(10(8)13(14)15)12-6-1-2-7-12/h3-5H,1-2,6-7H2. The zero-order valence-corrected chi connectivity index (χ0v) is 8.15. The van der Waals surface area contributed by atoms with Gasteiger partial charge in [0.15, 0.2) is 0 Å². The molecule has 0 bridgehead atoms. The minimum Gasteiger partial charge on any atom is -0.366 e. The molecule has 0 atom stereocenters. The first kappa shape index (κ1) is 9.89. The number of benzene rings is 1. The van der Waals surface area contributed by atoms with Gasteiger partial charge in [0, 0.05) is 13.1 Å². The molecule has 1 aromatic rings. The summed E-state index contributed by atoms with van der Waals surface area (Å²) < 4.78 is 13.3. The van der Waals surface area contributed by atoms with Gasteiger partial charge in [-0.25, -0.2) is 0 Å². The normalized spacial score (nSPS) is 15.7. The lowest BCUT2D eigenvalue weighted by molar-refractivity contribution is -0.386. The van der Waals surface area contributed by atoms with Crippen molar-refractivity contribution in [2.75, 3.05) is 18.0 Å². The average Bonchev–Trinajstić information content (AvgIpc) is 2.69. The van der Waals surface area contributed by atoms with Crippen LogP contribution in [-0.4, -0.2) is 18.0 Å². The zero-order chi connectivity index (χ0) is 10.8. The average molecular weight is 210 g/mol. The highest BCUT2D eigenvalue weighted by molar-refractivity contribution is 5.64. The topological polar surface area (TPSA) is 46.4 Å². The Balaban J connectivity index is 2.45. The number of nitrogens with zero attached hydrogens (tertiary/aromatic N) is 2. The van der Waals surface area contributed by atoms with E-state index in [1.807, 2.05) is 4.90 Å². The molecule has 1 aromatic carbocycles. The van der Waals surface area contributed by atoms with Crippen LogP contribution in [0.1, 0.15) is 12.8 Å². The molecule has 0 spiro atoms. The second-order valence-electron chi connectivity index (χ2n) is 3.56. The lowest BCUT2D eigenvalue weighted by Crippen LogP contribution is -2.19. The van der Waals surface area contributed by atoms with E-state index in [1.54, 1.807) is 6.07 Å². The van der Waals surface area contributed by atoms with Crippen LogP contribution in [0.2, 0.25) is 0 Å². The van der Waals surface area contributed by atoms with E-state index in [-0.39, 0.29) is 0 Å². The van der Waals surface area contributed by atoms with Crippen LogP contribution in [0.4, 0.5) is 15.8 Å². The van der Waals surface area contributed by atoms with E-state index in [0.29, 0.717) is 5.69 Å². The van der Waals surface area contributed by atoms with Crippen molar-refractivity contribution in [3.63, 3.8) is 0 Å². The third-order valence-corrected chi connectivity index (χ3v) is 2.59. The van der Waals surface area contributed by atoms with Gasteiger partial charge < -0.3 is 4.90 Å². The Morgan fingerprint density at radius 1 is 1.33 bits per heavy atom. The van der Waals surface area contributed by atoms with E-state index < -0.39 is 16.4 Å². The van der Waals surface area contributed by atoms with E-state index in [2.05, 4.69) is 0 Å². The van der Waals surface area contributed by atoms with Crippen molar-refractivity contribution in [3.8, 4) is 0 Å². The molecule has 0 amide bonds. The maximum Gasteiger partial charge on any atom is 0.327 e. The molecule has 15 heavy (non-hydrogen) atoms. The van der Waals surface area contributed by atoms with Gasteiger partial charge in [0.05, 0.1) is 4.92 Å². The molecule has 5 heteroatoms. The highest BCUT2D eigenvalue weighted by Crippen LogP contribution is 2.32. The maximum absolute atomic E-state index is 13.3. The van der Waals surface area contributed by atoms with Crippen molar-refractivity contribution < 1.29 is 9.31 Å². The van der Waals surface area contributed by atoms with Crippen LogP contribution in [0.3, 0.4) is 0 Å². The van der Waals surface area contributed by atoms with Crippen LogP contribution in [-0.2, 0) is 0 Å². The van der Waals surface area contributed by atoms with Crippen molar-refractivity contribution in [1.82, 2.24) is 0 Å². The number of hydrogen-bond acceptors (Lipinski definition) is 3. The molecule has 2 rings (SSSR count). The molecule has 0 saturated carbocycles. The van der Waals surface area contributed by atoms with Crippen molar-refractivity contribution in [3.05, 3.63) is 34.1 Å². The molecule has 0 aliphatic carbocycles. The van der Waals surface area contributed by atoms with Gasteiger partial charge >= 0.3 is 5.69 Å². The number of anilines is 1. The zero-order valence-electron chi connectivity index (χ0n) is 8.15. The predicted octanol–water partition coefficient (Wildman–Crippen LogP) is 2.33. The third kappa shape index (κ3) is 1.77. The first-order valence-electron chi connectivity index (χ1n) is 4.88. The summed E-state index contributed by atoms with van der Waals surface area (Å²) in [5, 5.41) is 10.7. The second kappa shape index (κ2) is 3.84. The van der Waals surface area contributed by atoms with Crippen LogP contribution < -0.4 is 4.90 Å². The van der Waals surface area contributed by atoms with Gasteiger partial charge in [0.1, 0.15) is 5.69 Å². The third-order valence-electron chi connectivity index (χ3n) is 2.59. The highest BCUT2D eigenvalue weighted by atomic mass is 19.1. The van der Waals surface area contributed by atoms with Crippen molar-refractivity contribution in [2.24, 2.45) is 0 Å². The van der Waals surface area contributed by atoms with Crippen LogP contribution in [0, 0.1) is 15.9 Å². The minimum atomic E-state index is -0.760. The summed E-state index contributed by atoms with van der Waals surface area (Å²) in [5.74, 6) is -0.760. The van der Waals surface area contributed by atoms with Crippen LogP contribution in [0.25, 0.3) is 0 Å². The summed E-state index contributed by atoms with van der Waals surface area (Å²) in [7, 11) is 0. The Morgan fingerprint density at radius 3 is 2.60 bits per heavy atom. The number of halogens is 1. The van der Waals surface area contributed by atoms with E-state index in [1.165, 1.54) is 6.07 Å². The van der Waals surface area contributed by atoms with Gasteiger partial charge in [-0.3, -0.25) is 10.1 Å². The molecule has 4 nitrogen and oxygen atoms in total. The Bertz CT molecular complexity index is 389. The first-order valence-corrected chi connectivity index (χ1v) is 4.88. The quantitative estimate of drug-likeness (QED) is 0.556. The minimum absolute atomic E-state index is 0.400. The monoisotopic (exact) mass is 210 g/mol. The van der Waals surface area contributed by atoms with Crippen molar-refractivity contribution >= 4 is 11.4 Å². The Morgan fingerprint density at radius 2 is 2.00 bits per heavy atom. The molecule has 80 valence electrons. The lowest BCUT2D eigenvalue weighted by Gasteiger charge is -2.17. The van der Waals surface area contributed by atoms with Gasteiger partial charge in [0.25, 0.3) is 0 Å². The molecule has 0 aromatic heterocycles. The predicted molar refractivity (Wildman–Crippen MR) is 54.5 cm³/mol. The molecule has 0 radical (unpaired) electrons. The number of nitro benzene ring substituents is 1. The summed E-state index contributed by atoms with van der Waals surface area (Å²) in [6.07, 6.45) is 2.02. The summed E-state index contributed by atoms with van der Waals surface area (Å²) >= 11 is 0. The van der Waals surface area contributed by atoms with E-state index in [0.717, 1.165) is 32.0 Å². The maximum atomic E-state index is 13.3. The van der Waals surface area contributed by atoms with Gasteiger partial charge in [-0.05, 0) is 25.0 Å². The Labute approximate surface area is 86.5 Å². The van der Waals surface area contributed by atoms with E-state index >= 15 is 0 Å². The number of nitro groups is 1. The van der Waals surface area contributed by atoms with Gasteiger partial charge in [-0.15, -0.1) is 0 Å². The molecule has 1 aliphatic rings.